The number of amides is 1. The van der Waals surface area contributed by atoms with Gasteiger partial charge in [-0.2, -0.15) is 0 Å². The van der Waals surface area contributed by atoms with E-state index in [4.69, 9.17) is 0 Å². The third kappa shape index (κ3) is 2.48. The highest BCUT2D eigenvalue weighted by Gasteiger charge is 2.36. The number of rotatable bonds is 5. The number of para-hydroxylation sites is 1. The van der Waals surface area contributed by atoms with Gasteiger partial charge < -0.3 is 9.47 Å². The standard InChI is InChI=1S/C20H22N2O2/c1-4-6-12-22-14(9-5-2)13-17(23)18-15-10-7-8-11-16(15)21(3)19(18)20(22)24/h4-5,7-8,10-11,14H,1-2,6,9,12-13H2,3H3. The highest BCUT2D eigenvalue weighted by atomic mass is 16.2. The van der Waals surface area contributed by atoms with Crippen LogP contribution in [0.3, 0.4) is 0 Å². The van der Waals surface area contributed by atoms with Crippen LogP contribution in [0.15, 0.2) is 49.6 Å². The molecule has 1 aromatic carbocycles. The summed E-state index contributed by atoms with van der Waals surface area (Å²) in [5.74, 6) is -0.0497. The molecule has 3 rings (SSSR count). The van der Waals surface area contributed by atoms with Gasteiger partial charge in [-0.1, -0.05) is 30.4 Å². The molecule has 0 fully saturated rings. The minimum atomic E-state index is -0.145. The highest BCUT2D eigenvalue weighted by molar-refractivity contribution is 6.17. The van der Waals surface area contributed by atoms with E-state index in [1.165, 1.54) is 0 Å². The third-order valence-electron chi connectivity index (χ3n) is 4.72. The summed E-state index contributed by atoms with van der Waals surface area (Å²) in [6.07, 6.45) is 5.22. The van der Waals surface area contributed by atoms with Gasteiger partial charge in [-0.3, -0.25) is 9.59 Å². The molecule has 1 aliphatic heterocycles. The first-order chi connectivity index (χ1) is 11.6. The van der Waals surface area contributed by atoms with Crippen molar-refractivity contribution in [1.29, 1.82) is 0 Å². The zero-order valence-electron chi connectivity index (χ0n) is 14.0. The van der Waals surface area contributed by atoms with Crippen LogP contribution in [-0.2, 0) is 7.05 Å². The van der Waals surface area contributed by atoms with Crippen molar-refractivity contribution in [2.75, 3.05) is 6.54 Å². The molecule has 4 nitrogen and oxygen atoms in total. The maximum Gasteiger partial charge on any atom is 0.271 e. The second-order valence-electron chi connectivity index (χ2n) is 6.18. The molecule has 2 heterocycles. The van der Waals surface area contributed by atoms with Crippen LogP contribution in [0, 0.1) is 0 Å². The molecule has 0 bridgehead atoms. The molecular weight excluding hydrogens is 300 g/mol. The van der Waals surface area contributed by atoms with Crippen LogP contribution in [0.1, 0.15) is 40.1 Å². The largest absolute Gasteiger partial charge is 0.339 e. The average molecular weight is 322 g/mol. The van der Waals surface area contributed by atoms with Crippen LogP contribution in [0.4, 0.5) is 0 Å². The molecule has 4 heteroatoms. The molecule has 0 saturated heterocycles. The lowest BCUT2D eigenvalue weighted by Gasteiger charge is -2.29. The summed E-state index contributed by atoms with van der Waals surface area (Å²) in [6.45, 7) is 8.09. The highest BCUT2D eigenvalue weighted by Crippen LogP contribution is 2.32. The minimum Gasteiger partial charge on any atom is -0.339 e. The van der Waals surface area contributed by atoms with Crippen LogP contribution < -0.4 is 0 Å². The Balaban J connectivity index is 2.19. The van der Waals surface area contributed by atoms with Gasteiger partial charge in [0.15, 0.2) is 5.78 Å². The molecule has 124 valence electrons. The minimum absolute atomic E-state index is 0.0307. The lowest BCUT2D eigenvalue weighted by molar-refractivity contribution is 0.0670. The fourth-order valence-electron chi connectivity index (χ4n) is 3.57. The molecule has 0 saturated carbocycles. The van der Waals surface area contributed by atoms with Gasteiger partial charge in [0.2, 0.25) is 0 Å². The second kappa shape index (κ2) is 6.48. The second-order valence-corrected chi connectivity index (χ2v) is 6.18. The van der Waals surface area contributed by atoms with Gasteiger partial charge in [-0.15, -0.1) is 13.2 Å². The fraction of sp³-hybridized carbons (Fsp3) is 0.300. The van der Waals surface area contributed by atoms with Crippen LogP contribution in [-0.4, -0.2) is 33.7 Å². The normalized spacial score (nSPS) is 17.7. The molecule has 1 atom stereocenters. The number of aromatic nitrogens is 1. The Morgan fingerprint density at radius 3 is 2.67 bits per heavy atom. The lowest BCUT2D eigenvalue weighted by Crippen LogP contribution is -2.40. The predicted octanol–water partition coefficient (Wildman–Crippen LogP) is 3.73. The number of ketones is 1. The molecule has 0 N–H and O–H groups in total. The van der Waals surface area contributed by atoms with E-state index in [0.29, 0.717) is 37.1 Å². The summed E-state index contributed by atoms with van der Waals surface area (Å²) in [5.41, 5.74) is 1.97. The molecule has 0 spiro atoms. The number of carbonyl (C=O) groups is 2. The van der Waals surface area contributed by atoms with Gasteiger partial charge in [0.1, 0.15) is 5.69 Å². The Bertz CT molecular complexity index is 832. The van der Waals surface area contributed by atoms with Gasteiger partial charge in [-0.25, -0.2) is 0 Å². The molecule has 1 aliphatic rings. The number of carbonyl (C=O) groups excluding carboxylic acids is 2. The molecule has 24 heavy (non-hydrogen) atoms. The lowest BCUT2D eigenvalue weighted by atomic mass is 10.0. The van der Waals surface area contributed by atoms with Crippen molar-refractivity contribution in [3.05, 3.63) is 60.8 Å². The summed E-state index contributed by atoms with van der Waals surface area (Å²) in [6, 6.07) is 7.55. The monoisotopic (exact) mass is 322 g/mol. The molecular formula is C20H22N2O2. The first kappa shape index (κ1) is 16.2. The van der Waals surface area contributed by atoms with Gasteiger partial charge in [0.05, 0.1) is 5.56 Å². The van der Waals surface area contributed by atoms with Crippen molar-refractivity contribution >= 4 is 22.6 Å². The Kier molecular flexibility index (Phi) is 4.38. The first-order valence-electron chi connectivity index (χ1n) is 8.23. The van der Waals surface area contributed by atoms with Gasteiger partial charge in [0.25, 0.3) is 5.91 Å². The van der Waals surface area contributed by atoms with Crippen molar-refractivity contribution in [2.45, 2.75) is 25.3 Å². The molecule has 1 amide bonds. The molecule has 0 aliphatic carbocycles. The Morgan fingerprint density at radius 2 is 1.96 bits per heavy atom. The van der Waals surface area contributed by atoms with E-state index in [0.717, 1.165) is 10.9 Å². The molecule has 1 unspecified atom stereocenters. The van der Waals surface area contributed by atoms with Crippen molar-refractivity contribution in [3.63, 3.8) is 0 Å². The van der Waals surface area contributed by atoms with E-state index in [2.05, 4.69) is 13.2 Å². The van der Waals surface area contributed by atoms with E-state index in [-0.39, 0.29) is 17.7 Å². The summed E-state index contributed by atoms with van der Waals surface area (Å²) < 4.78 is 1.85. The summed E-state index contributed by atoms with van der Waals surface area (Å²) in [4.78, 5) is 28.0. The van der Waals surface area contributed by atoms with Crippen molar-refractivity contribution in [3.8, 4) is 0 Å². The van der Waals surface area contributed by atoms with Crippen LogP contribution >= 0.6 is 0 Å². The van der Waals surface area contributed by atoms with Gasteiger partial charge >= 0.3 is 0 Å². The quantitative estimate of drug-likeness (QED) is 0.787. The summed E-state index contributed by atoms with van der Waals surface area (Å²) in [5, 5.41) is 0.858. The predicted molar refractivity (Wildman–Crippen MR) is 96.3 cm³/mol. The number of hydrogen-bond donors (Lipinski definition) is 0. The SMILES string of the molecule is C=CCCN1C(=O)c2c(c3ccccc3n2C)C(=O)CC1CC=C. The topological polar surface area (TPSA) is 42.3 Å². The summed E-state index contributed by atoms with van der Waals surface area (Å²) in [7, 11) is 1.85. The van der Waals surface area contributed by atoms with Crippen molar-refractivity contribution < 1.29 is 9.59 Å². The number of benzene rings is 1. The van der Waals surface area contributed by atoms with E-state index in [9.17, 15) is 9.59 Å². The van der Waals surface area contributed by atoms with Crippen LogP contribution in [0.2, 0.25) is 0 Å². The fourth-order valence-corrected chi connectivity index (χ4v) is 3.57. The number of nitrogens with zero attached hydrogens (tertiary/aromatic N) is 2. The smallest absolute Gasteiger partial charge is 0.271 e. The van der Waals surface area contributed by atoms with E-state index < -0.39 is 0 Å². The Morgan fingerprint density at radius 1 is 1.21 bits per heavy atom. The maximum atomic E-state index is 13.2. The van der Waals surface area contributed by atoms with Gasteiger partial charge in [0, 0.05) is 37.0 Å². The van der Waals surface area contributed by atoms with Crippen molar-refractivity contribution in [1.82, 2.24) is 9.47 Å². The Labute approximate surface area is 142 Å². The average Bonchev–Trinajstić information content (AvgIpc) is 2.83. The molecule has 2 aromatic rings. The number of fused-ring (bicyclic) bond motifs is 3. The van der Waals surface area contributed by atoms with E-state index in [1.54, 1.807) is 12.2 Å². The Hall–Kier alpha value is -2.62. The van der Waals surface area contributed by atoms with Crippen LogP contribution in [0.5, 0.6) is 0 Å². The molecule has 0 radical (unpaired) electrons. The van der Waals surface area contributed by atoms with Crippen LogP contribution in [0.25, 0.3) is 10.9 Å². The number of aryl methyl sites for hydroxylation is 1. The van der Waals surface area contributed by atoms with E-state index in [1.807, 2.05) is 40.8 Å². The number of hydrogen-bond acceptors (Lipinski definition) is 2. The maximum absolute atomic E-state index is 13.2. The van der Waals surface area contributed by atoms with Gasteiger partial charge in [-0.05, 0) is 18.9 Å². The third-order valence-corrected chi connectivity index (χ3v) is 4.72. The first-order valence-corrected chi connectivity index (χ1v) is 8.23. The summed E-state index contributed by atoms with van der Waals surface area (Å²) >= 11 is 0. The zero-order chi connectivity index (χ0) is 17.3. The zero-order valence-corrected chi connectivity index (χ0v) is 14.0. The van der Waals surface area contributed by atoms with E-state index >= 15 is 0 Å². The van der Waals surface area contributed by atoms with Crippen molar-refractivity contribution in [2.24, 2.45) is 7.05 Å². The number of Topliss-reactive ketones (excluding diaryl/α,β-unsaturated/α-hetero) is 1. The molecule has 1 aromatic heterocycles.